The molecule has 1 saturated heterocycles. The van der Waals surface area contributed by atoms with E-state index in [1.54, 1.807) is 23.5 Å². The number of piperazine rings is 1. The zero-order chi connectivity index (χ0) is 15.5. The van der Waals surface area contributed by atoms with Crippen LogP contribution in [-0.4, -0.2) is 29.5 Å². The number of thiazole rings is 1. The second-order valence-electron chi connectivity index (χ2n) is 6.08. The standard InChI is InChI=1S/C17H22FN3S.2ClH/c1-12(2)17-20-15(11-22-17)10-21-7-6-19-9-16(21)13-4-3-5-14(18)8-13;;/h3-5,8,11-12,16,19H,6-7,9-10H2,1-2H3;2*1H. The van der Waals surface area contributed by atoms with Crippen LogP contribution in [0.3, 0.4) is 0 Å². The number of nitrogens with zero attached hydrogens (tertiary/aromatic N) is 2. The number of rotatable bonds is 4. The third-order valence-corrected chi connectivity index (χ3v) is 5.21. The van der Waals surface area contributed by atoms with Crippen molar-refractivity contribution in [2.45, 2.75) is 32.4 Å². The van der Waals surface area contributed by atoms with Crippen molar-refractivity contribution in [3.05, 3.63) is 51.7 Å². The number of benzene rings is 1. The first kappa shape index (κ1) is 21.3. The molecule has 2 heterocycles. The van der Waals surface area contributed by atoms with E-state index in [1.165, 1.54) is 11.1 Å². The first-order valence-electron chi connectivity index (χ1n) is 7.78. The van der Waals surface area contributed by atoms with Crippen LogP contribution in [0.5, 0.6) is 0 Å². The summed E-state index contributed by atoms with van der Waals surface area (Å²) in [6, 6.07) is 7.14. The van der Waals surface area contributed by atoms with E-state index >= 15 is 0 Å². The summed E-state index contributed by atoms with van der Waals surface area (Å²) >= 11 is 1.73. The summed E-state index contributed by atoms with van der Waals surface area (Å²) in [4.78, 5) is 7.13. The second kappa shape index (κ2) is 9.68. The molecule has 24 heavy (non-hydrogen) atoms. The molecule has 2 aromatic rings. The number of halogens is 3. The van der Waals surface area contributed by atoms with Crippen LogP contribution >= 0.6 is 36.2 Å². The van der Waals surface area contributed by atoms with Gasteiger partial charge in [0.05, 0.1) is 10.7 Å². The molecule has 0 bridgehead atoms. The van der Waals surface area contributed by atoms with E-state index in [0.29, 0.717) is 5.92 Å². The molecule has 3 rings (SSSR count). The van der Waals surface area contributed by atoms with Gasteiger partial charge in [0.1, 0.15) is 5.82 Å². The fourth-order valence-corrected chi connectivity index (χ4v) is 3.67. The zero-order valence-corrected chi connectivity index (χ0v) is 16.3. The van der Waals surface area contributed by atoms with E-state index in [0.717, 1.165) is 37.4 Å². The molecular weight excluding hydrogens is 368 g/mol. The molecule has 0 spiro atoms. The van der Waals surface area contributed by atoms with Crippen LogP contribution in [0.2, 0.25) is 0 Å². The van der Waals surface area contributed by atoms with Crippen molar-refractivity contribution in [3.63, 3.8) is 0 Å². The van der Waals surface area contributed by atoms with E-state index in [4.69, 9.17) is 4.98 Å². The first-order valence-corrected chi connectivity index (χ1v) is 8.66. The molecule has 1 unspecified atom stereocenters. The average Bonchev–Trinajstić information content (AvgIpc) is 2.97. The van der Waals surface area contributed by atoms with E-state index in [1.807, 2.05) is 6.07 Å². The second-order valence-corrected chi connectivity index (χ2v) is 6.97. The summed E-state index contributed by atoms with van der Waals surface area (Å²) < 4.78 is 13.5. The lowest BCUT2D eigenvalue weighted by Crippen LogP contribution is -2.45. The van der Waals surface area contributed by atoms with Crippen molar-refractivity contribution in [2.24, 2.45) is 0 Å². The van der Waals surface area contributed by atoms with E-state index in [9.17, 15) is 4.39 Å². The van der Waals surface area contributed by atoms with Crippen LogP contribution in [0.4, 0.5) is 4.39 Å². The van der Waals surface area contributed by atoms with Gasteiger partial charge in [0.25, 0.3) is 0 Å². The number of hydrogen-bond donors (Lipinski definition) is 1. The Balaban J connectivity index is 0.00000144. The van der Waals surface area contributed by atoms with Gasteiger partial charge in [-0.3, -0.25) is 4.90 Å². The van der Waals surface area contributed by atoms with Crippen molar-refractivity contribution in [1.82, 2.24) is 15.2 Å². The van der Waals surface area contributed by atoms with Crippen molar-refractivity contribution >= 4 is 36.2 Å². The molecule has 1 aromatic carbocycles. The SMILES string of the molecule is CC(C)c1nc(CN2CCNCC2c2cccc(F)c2)cs1.Cl.Cl. The van der Waals surface area contributed by atoms with Gasteiger partial charge in [-0.25, -0.2) is 9.37 Å². The van der Waals surface area contributed by atoms with Crippen LogP contribution in [-0.2, 0) is 6.54 Å². The Hall–Kier alpha value is -0.720. The molecule has 3 nitrogen and oxygen atoms in total. The van der Waals surface area contributed by atoms with Gasteiger partial charge in [0.2, 0.25) is 0 Å². The number of hydrogen-bond acceptors (Lipinski definition) is 4. The highest BCUT2D eigenvalue weighted by atomic mass is 35.5. The molecule has 1 aromatic heterocycles. The molecular formula is C17H24Cl2FN3S. The predicted molar refractivity (Wildman–Crippen MR) is 103 cm³/mol. The van der Waals surface area contributed by atoms with Gasteiger partial charge in [0.15, 0.2) is 0 Å². The van der Waals surface area contributed by atoms with E-state index in [-0.39, 0.29) is 36.7 Å². The minimum absolute atomic E-state index is 0. The van der Waals surface area contributed by atoms with Gasteiger partial charge in [-0.2, -0.15) is 0 Å². The van der Waals surface area contributed by atoms with Crippen LogP contribution in [0.25, 0.3) is 0 Å². The average molecular weight is 392 g/mol. The minimum atomic E-state index is -0.168. The fraction of sp³-hybridized carbons (Fsp3) is 0.471. The molecule has 0 saturated carbocycles. The molecule has 1 fully saturated rings. The Morgan fingerprint density at radius 3 is 2.83 bits per heavy atom. The Morgan fingerprint density at radius 2 is 2.17 bits per heavy atom. The molecule has 0 amide bonds. The van der Waals surface area contributed by atoms with Gasteiger partial charge < -0.3 is 5.32 Å². The van der Waals surface area contributed by atoms with Crippen molar-refractivity contribution in [3.8, 4) is 0 Å². The number of aromatic nitrogens is 1. The molecule has 134 valence electrons. The topological polar surface area (TPSA) is 28.2 Å². The summed E-state index contributed by atoms with van der Waals surface area (Å²) in [5.41, 5.74) is 2.16. The summed E-state index contributed by atoms with van der Waals surface area (Å²) in [6.45, 7) is 7.94. The Morgan fingerprint density at radius 1 is 1.38 bits per heavy atom. The molecule has 1 N–H and O–H groups in total. The molecule has 0 aliphatic carbocycles. The molecule has 1 aliphatic heterocycles. The maximum Gasteiger partial charge on any atom is 0.123 e. The van der Waals surface area contributed by atoms with E-state index < -0.39 is 0 Å². The Kier molecular flexibility index (Phi) is 8.60. The van der Waals surface area contributed by atoms with Crippen molar-refractivity contribution in [2.75, 3.05) is 19.6 Å². The van der Waals surface area contributed by atoms with Crippen molar-refractivity contribution in [1.29, 1.82) is 0 Å². The summed E-state index contributed by atoms with van der Waals surface area (Å²) in [6.07, 6.45) is 0. The lowest BCUT2D eigenvalue weighted by atomic mass is 10.0. The Labute approximate surface area is 159 Å². The molecule has 0 radical (unpaired) electrons. The highest BCUT2D eigenvalue weighted by Gasteiger charge is 2.24. The molecule has 7 heteroatoms. The van der Waals surface area contributed by atoms with Gasteiger partial charge in [-0.15, -0.1) is 36.2 Å². The third-order valence-electron chi connectivity index (χ3n) is 4.02. The summed E-state index contributed by atoms with van der Waals surface area (Å²) in [5, 5.41) is 6.75. The van der Waals surface area contributed by atoms with Gasteiger partial charge in [-0.1, -0.05) is 26.0 Å². The molecule has 1 aliphatic rings. The normalized spacial score (nSPS) is 18.1. The van der Waals surface area contributed by atoms with Gasteiger partial charge in [-0.05, 0) is 17.7 Å². The largest absolute Gasteiger partial charge is 0.314 e. The van der Waals surface area contributed by atoms with Crippen LogP contribution in [0, 0.1) is 5.82 Å². The predicted octanol–water partition coefficient (Wildman–Crippen LogP) is 4.40. The zero-order valence-electron chi connectivity index (χ0n) is 13.9. The van der Waals surface area contributed by atoms with Crippen LogP contribution in [0.15, 0.2) is 29.6 Å². The van der Waals surface area contributed by atoms with Crippen molar-refractivity contribution < 1.29 is 4.39 Å². The number of nitrogens with one attached hydrogen (secondary N) is 1. The lowest BCUT2D eigenvalue weighted by Gasteiger charge is -2.36. The van der Waals surface area contributed by atoms with Gasteiger partial charge >= 0.3 is 0 Å². The highest BCUT2D eigenvalue weighted by Crippen LogP contribution is 2.26. The fourth-order valence-electron chi connectivity index (χ4n) is 2.85. The van der Waals surface area contributed by atoms with Crippen LogP contribution < -0.4 is 5.32 Å². The highest BCUT2D eigenvalue weighted by molar-refractivity contribution is 7.09. The van der Waals surface area contributed by atoms with Crippen LogP contribution in [0.1, 0.15) is 42.1 Å². The maximum absolute atomic E-state index is 13.5. The monoisotopic (exact) mass is 391 g/mol. The lowest BCUT2D eigenvalue weighted by molar-refractivity contribution is 0.152. The van der Waals surface area contributed by atoms with E-state index in [2.05, 4.69) is 29.4 Å². The Bertz CT molecular complexity index is 636. The summed E-state index contributed by atoms with van der Waals surface area (Å²) in [5.74, 6) is 0.305. The summed E-state index contributed by atoms with van der Waals surface area (Å²) in [7, 11) is 0. The van der Waals surface area contributed by atoms with Gasteiger partial charge in [0, 0.05) is 43.5 Å². The third kappa shape index (κ3) is 5.14. The molecule has 1 atom stereocenters. The first-order chi connectivity index (χ1) is 10.6. The minimum Gasteiger partial charge on any atom is -0.314 e. The quantitative estimate of drug-likeness (QED) is 0.836. The smallest absolute Gasteiger partial charge is 0.123 e. The maximum atomic E-state index is 13.5.